The number of carbonyl (C=O) groups is 2. The van der Waals surface area contributed by atoms with Gasteiger partial charge in [0.05, 0.1) is 0 Å². The summed E-state index contributed by atoms with van der Waals surface area (Å²) >= 11 is 5.53. The summed E-state index contributed by atoms with van der Waals surface area (Å²) in [5, 5.41) is 4.13. The first-order chi connectivity index (χ1) is 8.09. The van der Waals surface area contributed by atoms with Gasteiger partial charge in [-0.05, 0) is 32.9 Å². The first kappa shape index (κ1) is 14.3. The number of alkyl halides is 1. The Balaban J connectivity index is 2.09. The molecule has 5 nitrogen and oxygen atoms in total. The lowest BCUT2D eigenvalue weighted by molar-refractivity contribution is -0.119. The third-order valence-electron chi connectivity index (χ3n) is 2.76. The molecule has 1 fully saturated rings. The zero-order valence-corrected chi connectivity index (χ0v) is 10.9. The van der Waals surface area contributed by atoms with Crippen molar-refractivity contribution >= 4 is 23.5 Å². The molecule has 0 saturated carbocycles. The van der Waals surface area contributed by atoms with Gasteiger partial charge in [0.2, 0.25) is 5.91 Å². The molecule has 0 bridgehead atoms. The van der Waals surface area contributed by atoms with Crippen molar-refractivity contribution < 1.29 is 9.59 Å². The third-order valence-corrected chi connectivity index (χ3v) is 2.96. The fourth-order valence-electron chi connectivity index (χ4n) is 1.77. The number of rotatable bonds is 4. The topological polar surface area (TPSA) is 61.4 Å². The van der Waals surface area contributed by atoms with Crippen molar-refractivity contribution in [1.29, 1.82) is 0 Å². The molecule has 1 saturated heterocycles. The highest BCUT2D eigenvalue weighted by atomic mass is 35.5. The van der Waals surface area contributed by atoms with Crippen molar-refractivity contribution in [2.75, 3.05) is 26.2 Å². The van der Waals surface area contributed by atoms with Gasteiger partial charge in [0.1, 0.15) is 5.38 Å². The van der Waals surface area contributed by atoms with Gasteiger partial charge in [-0.3, -0.25) is 10.1 Å². The van der Waals surface area contributed by atoms with E-state index in [0.29, 0.717) is 6.54 Å². The summed E-state index contributed by atoms with van der Waals surface area (Å²) in [5.41, 5.74) is 0. The second kappa shape index (κ2) is 7.50. The Morgan fingerprint density at radius 1 is 1.29 bits per heavy atom. The molecule has 0 aromatic carbocycles. The van der Waals surface area contributed by atoms with Crippen LogP contribution in [0.4, 0.5) is 4.79 Å². The number of urea groups is 1. The van der Waals surface area contributed by atoms with Gasteiger partial charge in [-0.1, -0.05) is 6.42 Å². The molecule has 6 heteroatoms. The van der Waals surface area contributed by atoms with Gasteiger partial charge in [-0.25, -0.2) is 4.79 Å². The predicted molar refractivity (Wildman–Crippen MR) is 67.1 cm³/mol. The first-order valence-electron chi connectivity index (χ1n) is 6.04. The lowest BCUT2D eigenvalue weighted by Gasteiger charge is -2.26. The number of likely N-dealkylation sites (tertiary alicyclic amines) is 1. The molecular weight excluding hydrogens is 242 g/mol. The Morgan fingerprint density at radius 3 is 2.53 bits per heavy atom. The maximum absolute atomic E-state index is 11.3. The highest BCUT2D eigenvalue weighted by Crippen LogP contribution is 2.07. The number of halogens is 1. The molecule has 0 aliphatic carbocycles. The predicted octanol–water partition coefficient (Wildman–Crippen LogP) is 0.925. The second-order valence-electron chi connectivity index (χ2n) is 4.26. The van der Waals surface area contributed by atoms with E-state index in [1.807, 2.05) is 0 Å². The number of amides is 3. The standard InChI is InChI=1S/C11H20ClN3O2/c1-9(12)10(16)14-11(17)13-5-8-15-6-3-2-4-7-15/h9H,2-8H2,1H3,(H2,13,14,16,17). The summed E-state index contributed by atoms with van der Waals surface area (Å²) in [6.45, 7) is 5.10. The molecular formula is C11H20ClN3O2. The largest absolute Gasteiger partial charge is 0.337 e. The molecule has 0 aromatic heterocycles. The Hall–Kier alpha value is -0.810. The molecule has 3 amide bonds. The summed E-state index contributed by atoms with van der Waals surface area (Å²) in [4.78, 5) is 24.7. The maximum Gasteiger partial charge on any atom is 0.321 e. The van der Waals surface area contributed by atoms with Gasteiger partial charge in [-0.15, -0.1) is 11.6 Å². The normalized spacial score (nSPS) is 18.5. The van der Waals surface area contributed by atoms with E-state index in [2.05, 4.69) is 15.5 Å². The molecule has 1 atom stereocenters. The van der Waals surface area contributed by atoms with Gasteiger partial charge in [0.25, 0.3) is 0 Å². The minimum atomic E-state index is -0.692. The highest BCUT2D eigenvalue weighted by Gasteiger charge is 2.13. The maximum atomic E-state index is 11.3. The Bertz CT molecular complexity index is 265. The zero-order valence-electron chi connectivity index (χ0n) is 10.2. The Kier molecular flexibility index (Phi) is 6.29. The second-order valence-corrected chi connectivity index (χ2v) is 4.92. The van der Waals surface area contributed by atoms with Crippen LogP contribution in [-0.2, 0) is 4.79 Å². The molecule has 1 heterocycles. The molecule has 1 aliphatic rings. The number of nitrogens with one attached hydrogen (secondary N) is 2. The van der Waals surface area contributed by atoms with Crippen LogP contribution in [0.3, 0.4) is 0 Å². The van der Waals surface area contributed by atoms with Crippen molar-refractivity contribution in [2.24, 2.45) is 0 Å². The van der Waals surface area contributed by atoms with Crippen LogP contribution in [0.15, 0.2) is 0 Å². The monoisotopic (exact) mass is 261 g/mol. The van der Waals surface area contributed by atoms with Gasteiger partial charge in [-0.2, -0.15) is 0 Å². The summed E-state index contributed by atoms with van der Waals surface area (Å²) in [7, 11) is 0. The molecule has 0 spiro atoms. The van der Waals surface area contributed by atoms with Crippen LogP contribution in [-0.4, -0.2) is 48.4 Å². The van der Waals surface area contributed by atoms with Crippen LogP contribution in [0.5, 0.6) is 0 Å². The lowest BCUT2D eigenvalue weighted by atomic mass is 10.1. The van der Waals surface area contributed by atoms with Gasteiger partial charge >= 0.3 is 6.03 Å². The van der Waals surface area contributed by atoms with Crippen LogP contribution in [0.1, 0.15) is 26.2 Å². The minimum Gasteiger partial charge on any atom is -0.337 e. The third kappa shape index (κ3) is 5.89. The quantitative estimate of drug-likeness (QED) is 0.740. The Morgan fingerprint density at radius 2 is 1.94 bits per heavy atom. The first-order valence-corrected chi connectivity index (χ1v) is 6.48. The molecule has 1 unspecified atom stereocenters. The van der Waals surface area contributed by atoms with Crippen molar-refractivity contribution in [2.45, 2.75) is 31.6 Å². The van der Waals surface area contributed by atoms with Gasteiger partial charge < -0.3 is 10.2 Å². The number of hydrogen-bond donors (Lipinski definition) is 2. The smallest absolute Gasteiger partial charge is 0.321 e. The average Bonchev–Trinajstić information content (AvgIpc) is 2.30. The van der Waals surface area contributed by atoms with E-state index in [4.69, 9.17) is 11.6 Å². The van der Waals surface area contributed by atoms with Crippen LogP contribution >= 0.6 is 11.6 Å². The van der Waals surface area contributed by atoms with Gasteiger partial charge in [0, 0.05) is 13.1 Å². The zero-order chi connectivity index (χ0) is 12.7. The van der Waals surface area contributed by atoms with Crippen molar-refractivity contribution in [3.63, 3.8) is 0 Å². The molecule has 2 N–H and O–H groups in total. The fourth-order valence-corrected chi connectivity index (χ4v) is 1.82. The van der Waals surface area contributed by atoms with Crippen molar-refractivity contribution in [3.05, 3.63) is 0 Å². The van der Waals surface area contributed by atoms with E-state index in [0.717, 1.165) is 19.6 Å². The fraction of sp³-hybridized carbons (Fsp3) is 0.818. The van der Waals surface area contributed by atoms with Crippen molar-refractivity contribution in [1.82, 2.24) is 15.5 Å². The number of carbonyl (C=O) groups excluding carboxylic acids is 2. The van der Waals surface area contributed by atoms with E-state index >= 15 is 0 Å². The number of imide groups is 1. The number of nitrogens with zero attached hydrogens (tertiary/aromatic N) is 1. The average molecular weight is 262 g/mol. The highest BCUT2D eigenvalue weighted by molar-refractivity contribution is 6.31. The van der Waals surface area contributed by atoms with E-state index in [-0.39, 0.29) is 0 Å². The molecule has 1 aliphatic heterocycles. The van der Waals surface area contributed by atoms with Crippen LogP contribution in [0.25, 0.3) is 0 Å². The molecule has 1 rings (SSSR count). The molecule has 0 radical (unpaired) electrons. The number of hydrogen-bond acceptors (Lipinski definition) is 3. The number of piperidine rings is 1. The van der Waals surface area contributed by atoms with E-state index in [1.165, 1.54) is 26.2 Å². The van der Waals surface area contributed by atoms with E-state index < -0.39 is 17.3 Å². The van der Waals surface area contributed by atoms with Crippen molar-refractivity contribution in [3.8, 4) is 0 Å². The molecule has 98 valence electrons. The SMILES string of the molecule is CC(Cl)C(=O)NC(=O)NCCN1CCCCC1. The Labute approximate surface area is 107 Å². The summed E-state index contributed by atoms with van der Waals surface area (Å²) in [6, 6.07) is -0.473. The minimum absolute atomic E-state index is 0.470. The van der Waals surface area contributed by atoms with Crippen LogP contribution in [0, 0.1) is 0 Å². The summed E-state index contributed by atoms with van der Waals surface area (Å²) in [5.74, 6) is -0.470. The summed E-state index contributed by atoms with van der Waals surface area (Å²) < 4.78 is 0. The van der Waals surface area contributed by atoms with Gasteiger partial charge in [0.15, 0.2) is 0 Å². The van der Waals surface area contributed by atoms with E-state index in [9.17, 15) is 9.59 Å². The summed E-state index contributed by atoms with van der Waals surface area (Å²) in [6.07, 6.45) is 3.76. The lowest BCUT2D eigenvalue weighted by Crippen LogP contribution is -2.45. The molecule has 17 heavy (non-hydrogen) atoms. The van der Waals surface area contributed by atoms with Crippen LogP contribution in [0.2, 0.25) is 0 Å². The van der Waals surface area contributed by atoms with Crippen LogP contribution < -0.4 is 10.6 Å². The van der Waals surface area contributed by atoms with E-state index in [1.54, 1.807) is 0 Å². The molecule has 0 aromatic rings.